The fourth-order valence-corrected chi connectivity index (χ4v) is 7.62. The van der Waals surface area contributed by atoms with Crippen LogP contribution in [0, 0.1) is 0 Å². The van der Waals surface area contributed by atoms with E-state index in [-0.39, 0.29) is 65.1 Å². The average Bonchev–Trinajstić information content (AvgIpc) is 3.19. The zero-order valence-electron chi connectivity index (χ0n) is 37.6. The third-order valence-electron chi connectivity index (χ3n) is 12.4. The van der Waals surface area contributed by atoms with Gasteiger partial charge in [-0.25, -0.2) is 0 Å². The number of para-hydroxylation sites is 6. The Balaban J connectivity index is 0.000000266. The maximum absolute atomic E-state index is 11.3. The molecule has 0 amide bonds. The molecule has 0 atom stereocenters. The summed E-state index contributed by atoms with van der Waals surface area (Å²) in [6, 6.07) is 30.4. The van der Waals surface area contributed by atoms with Crippen molar-refractivity contribution in [1.29, 1.82) is 0 Å². The summed E-state index contributed by atoms with van der Waals surface area (Å²) in [6.45, 7) is 24.0. The van der Waals surface area contributed by atoms with Gasteiger partial charge in [0.25, 0.3) is 0 Å². The second-order valence-electron chi connectivity index (χ2n) is 18.1. The van der Waals surface area contributed by atoms with Crippen LogP contribution in [0.2, 0.25) is 0 Å². The first-order valence-corrected chi connectivity index (χ1v) is 20.4. The minimum atomic E-state index is -0.539. The summed E-state index contributed by atoms with van der Waals surface area (Å²) in [5.74, 6) is 0.641. The van der Waals surface area contributed by atoms with Crippen molar-refractivity contribution in [2.45, 2.75) is 105 Å². The Morgan fingerprint density at radius 2 is 0.645 bits per heavy atom. The summed E-state index contributed by atoms with van der Waals surface area (Å²) in [6.07, 6.45) is 3.68. The van der Waals surface area contributed by atoms with Gasteiger partial charge >= 0.3 is 0 Å². The van der Waals surface area contributed by atoms with Gasteiger partial charge in [0.15, 0.2) is 0 Å². The molecule has 2 heterocycles. The topological polar surface area (TPSA) is 130 Å². The summed E-state index contributed by atoms with van der Waals surface area (Å²) in [5, 5.41) is 44.8. The van der Waals surface area contributed by atoms with Crippen LogP contribution < -0.4 is 0 Å². The molecule has 8 nitrogen and oxygen atoms in total. The van der Waals surface area contributed by atoms with E-state index in [4.69, 9.17) is 9.98 Å². The maximum Gasteiger partial charge on any atom is 0.127 e. The third-order valence-corrected chi connectivity index (χ3v) is 12.4. The van der Waals surface area contributed by atoms with Crippen LogP contribution in [0.15, 0.2) is 128 Å². The Labute approximate surface area is 396 Å². The summed E-state index contributed by atoms with van der Waals surface area (Å²) in [4.78, 5) is 19.1. The van der Waals surface area contributed by atoms with Crippen LogP contribution in [-0.2, 0) is 63.8 Å². The number of aromatic hydroxyl groups is 4. The first-order chi connectivity index (χ1) is 28.1. The molecular weight excluding hydrogens is 1130 g/mol. The van der Waals surface area contributed by atoms with Crippen molar-refractivity contribution < 1.29 is 62.6 Å². The number of benzene rings is 5. The third kappa shape index (κ3) is 9.53. The van der Waals surface area contributed by atoms with Crippen LogP contribution in [0.4, 0.5) is 11.4 Å². The zero-order valence-corrected chi connectivity index (χ0v) is 42.1. The van der Waals surface area contributed by atoms with Gasteiger partial charge in [-0.3, -0.25) is 20.0 Å². The van der Waals surface area contributed by atoms with Gasteiger partial charge in [0.1, 0.15) is 23.0 Å². The number of aliphatic imine (C=N–C) groups is 4. The Hall–Kier alpha value is -4.90. The minimum Gasteiger partial charge on any atom is -0.507 e. The van der Waals surface area contributed by atoms with Gasteiger partial charge in [-0.2, -0.15) is 0 Å². The van der Waals surface area contributed by atoms with Crippen LogP contribution in [0.5, 0.6) is 23.0 Å². The summed E-state index contributed by atoms with van der Waals surface area (Å²) in [7, 11) is 0. The molecule has 2 aliphatic rings. The molecule has 62 heavy (non-hydrogen) atoms. The van der Waals surface area contributed by atoms with E-state index in [1.807, 2.05) is 193 Å². The first kappa shape index (κ1) is 49.7. The number of hydrogen-bond donors (Lipinski definition) is 4. The summed E-state index contributed by atoms with van der Waals surface area (Å²) < 4.78 is 0. The molecular formula is C52H58N4O4Pt2. The molecule has 0 saturated heterocycles. The molecule has 0 fully saturated rings. The molecule has 0 spiro atoms. The Kier molecular flexibility index (Phi) is 15.1. The quantitative estimate of drug-likeness (QED) is 0.123. The van der Waals surface area contributed by atoms with Crippen LogP contribution in [-0.4, -0.2) is 44.3 Å². The van der Waals surface area contributed by atoms with Gasteiger partial charge in [0.05, 0.1) is 22.8 Å². The van der Waals surface area contributed by atoms with E-state index in [1.165, 1.54) is 0 Å². The van der Waals surface area contributed by atoms with Crippen LogP contribution in [0.25, 0.3) is 22.3 Å². The zero-order chi connectivity index (χ0) is 43.9. The van der Waals surface area contributed by atoms with Crippen molar-refractivity contribution in [3.63, 3.8) is 0 Å². The van der Waals surface area contributed by atoms with Gasteiger partial charge in [-0.05, 0) is 39.8 Å². The second kappa shape index (κ2) is 18.8. The number of fused-ring (bicyclic) bond motifs is 11. The molecule has 0 aromatic heterocycles. The Bertz CT molecular complexity index is 2470. The molecule has 0 saturated carbocycles. The normalized spacial score (nSPS) is 16.9. The monoisotopic (exact) mass is 1190 g/mol. The predicted molar refractivity (Wildman–Crippen MR) is 250 cm³/mol. The molecule has 2 aliphatic heterocycles. The molecule has 4 N–H and O–H groups in total. The van der Waals surface area contributed by atoms with Gasteiger partial charge in [-0.1, -0.05) is 140 Å². The number of rotatable bonds is 0. The van der Waals surface area contributed by atoms with E-state index >= 15 is 0 Å². The smallest absolute Gasteiger partial charge is 0.127 e. The SMILES string of the molecule is CC1=C(C)N=CC(C)(C)c2cccc(c2O)-c2cccc(c2O)C(C)(C)C=N1.CC1=Nc2ccccc2N=C(C)C(C)(C)c2cccc(c2O)-c2cccc(c2O)C1(C)C.[Pt].[Pt]. The largest absolute Gasteiger partial charge is 0.507 e. The molecule has 330 valence electrons. The van der Waals surface area contributed by atoms with Crippen LogP contribution in [0.1, 0.15) is 105 Å². The van der Waals surface area contributed by atoms with E-state index < -0.39 is 21.7 Å². The molecule has 8 bridgehead atoms. The second-order valence-corrected chi connectivity index (χ2v) is 18.1. The molecule has 5 aromatic rings. The number of hydrogen-bond acceptors (Lipinski definition) is 8. The van der Waals surface area contributed by atoms with Crippen molar-refractivity contribution in [1.82, 2.24) is 0 Å². The molecule has 10 heteroatoms. The molecule has 0 radical (unpaired) electrons. The van der Waals surface area contributed by atoms with E-state index in [2.05, 4.69) is 9.98 Å². The van der Waals surface area contributed by atoms with Gasteiger partial charge in [-0.15, -0.1) is 0 Å². The Morgan fingerprint density at radius 1 is 0.371 bits per heavy atom. The van der Waals surface area contributed by atoms with Crippen molar-refractivity contribution >= 4 is 35.2 Å². The average molecular weight is 1190 g/mol. The van der Waals surface area contributed by atoms with Gasteiger partial charge < -0.3 is 20.4 Å². The summed E-state index contributed by atoms with van der Waals surface area (Å²) in [5.41, 5.74) is 8.26. The van der Waals surface area contributed by atoms with E-state index in [0.29, 0.717) is 22.3 Å². The minimum absolute atomic E-state index is 0. The van der Waals surface area contributed by atoms with E-state index in [9.17, 15) is 20.4 Å². The number of allylic oxidation sites excluding steroid dienone is 2. The van der Waals surface area contributed by atoms with Crippen molar-refractivity contribution in [2.75, 3.05) is 0 Å². The first-order valence-electron chi connectivity index (χ1n) is 20.4. The predicted octanol–water partition coefficient (Wildman–Crippen LogP) is 12.9. The van der Waals surface area contributed by atoms with E-state index in [0.717, 1.165) is 56.4 Å². The number of phenols is 4. The molecule has 0 aliphatic carbocycles. The fourth-order valence-electron chi connectivity index (χ4n) is 7.62. The molecule has 5 aromatic carbocycles. The van der Waals surface area contributed by atoms with Crippen LogP contribution >= 0.6 is 0 Å². The van der Waals surface area contributed by atoms with Gasteiger partial charge in [0.2, 0.25) is 0 Å². The molecule has 7 rings (SSSR count). The van der Waals surface area contributed by atoms with Crippen molar-refractivity contribution in [3.8, 4) is 45.3 Å². The van der Waals surface area contributed by atoms with Gasteiger partial charge in [0, 0.05) is 132 Å². The van der Waals surface area contributed by atoms with Crippen molar-refractivity contribution in [3.05, 3.63) is 131 Å². The Morgan fingerprint density at radius 3 is 0.952 bits per heavy atom. The maximum atomic E-state index is 11.3. The number of nitrogens with zero attached hydrogens (tertiary/aromatic N) is 4. The number of phenolic OH excluding ortho intramolecular Hbond substituents is 4. The van der Waals surface area contributed by atoms with Crippen molar-refractivity contribution in [2.24, 2.45) is 20.0 Å². The van der Waals surface area contributed by atoms with E-state index in [1.54, 1.807) is 0 Å². The molecule has 0 unspecified atom stereocenters. The fraction of sp³-hybridized carbons (Fsp3) is 0.308. The standard InChI is InChI=1S/C28H30N2O2.C24H28N2O2.2Pt/c1-17-27(3,4)21-13-9-11-19(25(21)31)20-12-10-14-22(26(20)32)28(5,6)18(2)30-24-16-8-7-15-23(24)29-17;1-15-16(2)26-14-24(5,6)20-12-8-10-18(22(20)28)17-9-7-11-19(21(17)27)23(3,4)13-25-15;;/h7-16,31-32H,1-6H3;7-14,27-28H,1-6H3;;. The van der Waals surface area contributed by atoms with Crippen LogP contribution in [0.3, 0.4) is 0 Å². The summed E-state index contributed by atoms with van der Waals surface area (Å²) >= 11 is 0.